The summed E-state index contributed by atoms with van der Waals surface area (Å²) in [7, 11) is 3.69. The SMILES string of the molecule is CC[C@@H](OC(=O)[C@@H]1CCCN1C(=O)C(C)=C[C@H](C(C)C)N(C)C(=O)[C@@H](NC(=O)C1CCCCN1C)C(C)C)c1ccccc1. The van der Waals surface area contributed by atoms with Crippen LogP contribution < -0.4 is 5.32 Å². The number of nitrogens with zero attached hydrogens (tertiary/aromatic N) is 3. The lowest BCUT2D eigenvalue weighted by Gasteiger charge is -2.36. The maximum absolute atomic E-state index is 13.8. The van der Waals surface area contributed by atoms with Crippen LogP contribution in [0.5, 0.6) is 0 Å². The van der Waals surface area contributed by atoms with Crippen LogP contribution in [-0.2, 0) is 23.9 Å². The molecule has 44 heavy (non-hydrogen) atoms. The van der Waals surface area contributed by atoms with Gasteiger partial charge < -0.3 is 19.9 Å². The van der Waals surface area contributed by atoms with E-state index < -0.39 is 12.1 Å². The first-order valence-electron chi connectivity index (χ1n) is 16.4. The van der Waals surface area contributed by atoms with Crippen LogP contribution in [0.2, 0.25) is 0 Å². The first-order chi connectivity index (χ1) is 20.9. The molecule has 2 aliphatic rings. The molecular formula is C35H54N4O5. The van der Waals surface area contributed by atoms with Crippen molar-refractivity contribution in [1.82, 2.24) is 20.0 Å². The van der Waals surface area contributed by atoms with E-state index in [2.05, 4.69) is 10.2 Å². The summed E-state index contributed by atoms with van der Waals surface area (Å²) in [4.78, 5) is 59.4. The molecule has 2 aliphatic heterocycles. The minimum Gasteiger partial charge on any atom is -0.456 e. The number of amides is 3. The van der Waals surface area contributed by atoms with E-state index in [1.165, 1.54) is 0 Å². The summed E-state index contributed by atoms with van der Waals surface area (Å²) >= 11 is 0. The van der Waals surface area contributed by atoms with Gasteiger partial charge in [0, 0.05) is 19.2 Å². The van der Waals surface area contributed by atoms with E-state index in [1.807, 2.05) is 78.1 Å². The average Bonchev–Trinajstić information content (AvgIpc) is 3.50. The Morgan fingerprint density at radius 2 is 1.64 bits per heavy atom. The number of nitrogens with one attached hydrogen (secondary N) is 1. The third kappa shape index (κ3) is 8.71. The second-order valence-electron chi connectivity index (χ2n) is 13.2. The highest BCUT2D eigenvalue weighted by molar-refractivity contribution is 5.96. The highest BCUT2D eigenvalue weighted by Gasteiger charge is 2.38. The fourth-order valence-electron chi connectivity index (χ4n) is 6.37. The molecule has 0 saturated carbocycles. The van der Waals surface area contributed by atoms with E-state index >= 15 is 0 Å². The van der Waals surface area contributed by atoms with Crippen molar-refractivity contribution in [2.45, 2.75) is 110 Å². The molecule has 1 unspecified atom stereocenters. The van der Waals surface area contributed by atoms with Crippen molar-refractivity contribution < 1.29 is 23.9 Å². The zero-order valence-corrected chi connectivity index (χ0v) is 28.0. The summed E-state index contributed by atoms with van der Waals surface area (Å²) in [5, 5.41) is 3.04. The molecule has 0 aliphatic carbocycles. The van der Waals surface area contributed by atoms with Crippen molar-refractivity contribution in [2.75, 3.05) is 27.2 Å². The zero-order chi connectivity index (χ0) is 32.6. The fourth-order valence-corrected chi connectivity index (χ4v) is 6.37. The number of hydrogen-bond donors (Lipinski definition) is 1. The largest absolute Gasteiger partial charge is 0.456 e. The molecule has 9 heteroatoms. The van der Waals surface area contributed by atoms with Crippen LogP contribution in [0, 0.1) is 11.8 Å². The molecule has 0 bridgehead atoms. The maximum Gasteiger partial charge on any atom is 0.329 e. The van der Waals surface area contributed by atoms with Gasteiger partial charge in [-0.05, 0) is 70.0 Å². The van der Waals surface area contributed by atoms with Crippen molar-refractivity contribution in [3.63, 3.8) is 0 Å². The van der Waals surface area contributed by atoms with Crippen LogP contribution >= 0.6 is 0 Å². The molecule has 2 saturated heterocycles. The van der Waals surface area contributed by atoms with Gasteiger partial charge in [0.05, 0.1) is 12.1 Å². The Morgan fingerprint density at radius 1 is 0.977 bits per heavy atom. The Morgan fingerprint density at radius 3 is 2.23 bits per heavy atom. The molecule has 0 aromatic heterocycles. The molecule has 5 atom stereocenters. The van der Waals surface area contributed by atoms with E-state index in [4.69, 9.17) is 4.74 Å². The second kappa shape index (κ2) is 16.2. The van der Waals surface area contributed by atoms with Crippen molar-refractivity contribution in [1.29, 1.82) is 0 Å². The highest BCUT2D eigenvalue weighted by Crippen LogP contribution is 2.27. The monoisotopic (exact) mass is 610 g/mol. The fraction of sp³-hybridized carbons (Fsp3) is 0.657. The van der Waals surface area contributed by atoms with Crippen molar-refractivity contribution >= 4 is 23.7 Å². The van der Waals surface area contributed by atoms with Crippen LogP contribution in [0.3, 0.4) is 0 Å². The number of likely N-dealkylation sites (tertiary alicyclic amines) is 2. The summed E-state index contributed by atoms with van der Waals surface area (Å²) in [5.41, 5.74) is 1.41. The number of benzene rings is 1. The first kappa shape index (κ1) is 35.3. The minimum absolute atomic E-state index is 0.00946. The summed E-state index contributed by atoms with van der Waals surface area (Å²) in [5.74, 6) is -1.00. The molecule has 0 radical (unpaired) electrons. The van der Waals surface area contributed by atoms with Gasteiger partial charge in [-0.25, -0.2) is 4.79 Å². The summed E-state index contributed by atoms with van der Waals surface area (Å²) in [6.45, 7) is 12.9. The number of carbonyl (C=O) groups excluding carboxylic acids is 4. The van der Waals surface area contributed by atoms with E-state index in [0.29, 0.717) is 25.0 Å². The molecule has 1 aromatic rings. The number of ether oxygens (including phenoxy) is 1. The van der Waals surface area contributed by atoms with Crippen LogP contribution in [0.4, 0.5) is 0 Å². The van der Waals surface area contributed by atoms with Gasteiger partial charge in [0.15, 0.2) is 0 Å². The van der Waals surface area contributed by atoms with Gasteiger partial charge >= 0.3 is 5.97 Å². The molecule has 0 spiro atoms. The van der Waals surface area contributed by atoms with Crippen molar-refractivity contribution in [2.24, 2.45) is 11.8 Å². The van der Waals surface area contributed by atoms with Crippen LogP contribution in [0.25, 0.3) is 0 Å². The average molecular weight is 611 g/mol. The zero-order valence-electron chi connectivity index (χ0n) is 28.0. The Bertz CT molecular complexity index is 1170. The van der Waals surface area contributed by atoms with Gasteiger partial charge in [0.25, 0.3) is 0 Å². The lowest BCUT2D eigenvalue weighted by atomic mass is 9.96. The molecule has 1 N–H and O–H groups in total. The Labute approximate surface area is 264 Å². The minimum atomic E-state index is -0.678. The molecule has 2 fully saturated rings. The van der Waals surface area contributed by atoms with Gasteiger partial charge in [-0.15, -0.1) is 0 Å². The van der Waals surface area contributed by atoms with Gasteiger partial charge in [0.1, 0.15) is 18.2 Å². The van der Waals surface area contributed by atoms with E-state index in [1.54, 1.807) is 23.8 Å². The first-order valence-corrected chi connectivity index (χ1v) is 16.4. The molecule has 244 valence electrons. The molecule has 2 heterocycles. The molecule has 9 nitrogen and oxygen atoms in total. The third-order valence-electron chi connectivity index (χ3n) is 9.13. The smallest absolute Gasteiger partial charge is 0.329 e. The number of rotatable bonds is 12. The van der Waals surface area contributed by atoms with Crippen LogP contribution in [0.1, 0.15) is 91.7 Å². The Hall–Kier alpha value is -3.20. The summed E-state index contributed by atoms with van der Waals surface area (Å²) in [6, 6.07) is 7.73. The van der Waals surface area contributed by atoms with Gasteiger partial charge in [0.2, 0.25) is 17.7 Å². The summed E-state index contributed by atoms with van der Waals surface area (Å²) < 4.78 is 5.91. The number of carbonyl (C=O) groups is 4. The van der Waals surface area contributed by atoms with Crippen LogP contribution in [-0.4, -0.2) is 89.7 Å². The lowest BCUT2D eigenvalue weighted by Crippen LogP contribution is -2.57. The Kier molecular flexibility index (Phi) is 13.0. The van der Waals surface area contributed by atoms with Gasteiger partial charge in [-0.2, -0.15) is 0 Å². The second-order valence-corrected chi connectivity index (χ2v) is 13.2. The maximum atomic E-state index is 13.8. The lowest BCUT2D eigenvalue weighted by molar-refractivity contribution is -0.157. The van der Waals surface area contributed by atoms with Crippen molar-refractivity contribution in [3.8, 4) is 0 Å². The Balaban J connectivity index is 1.73. The standard InChI is InChI=1S/C35H54N4O5/c1-9-30(26-16-11-10-12-17-26)44-35(43)28-19-15-21-39(28)33(41)25(6)22-29(23(2)3)38(8)34(42)31(24(4)5)36-32(40)27-18-13-14-20-37(27)7/h10-12,16-17,22-24,27-31H,9,13-15,18-21H2,1-8H3,(H,36,40)/t27?,28-,29+,30+,31-/m0/s1. The van der Waals surface area contributed by atoms with E-state index in [9.17, 15) is 19.2 Å². The normalized spacial score (nSPS) is 21.6. The number of hydrogen-bond acceptors (Lipinski definition) is 6. The topological polar surface area (TPSA) is 99.3 Å². The van der Waals surface area contributed by atoms with Crippen molar-refractivity contribution in [3.05, 3.63) is 47.5 Å². The molecular weight excluding hydrogens is 556 g/mol. The molecule has 3 amide bonds. The van der Waals surface area contributed by atoms with Gasteiger partial charge in [-0.3, -0.25) is 19.3 Å². The predicted molar refractivity (Wildman–Crippen MR) is 172 cm³/mol. The number of esters is 1. The third-order valence-corrected chi connectivity index (χ3v) is 9.13. The summed E-state index contributed by atoms with van der Waals surface area (Å²) in [6.07, 6.45) is 6.24. The molecule has 1 aromatic carbocycles. The molecule has 3 rings (SSSR count). The number of piperidine rings is 1. The quantitative estimate of drug-likeness (QED) is 0.272. The predicted octanol–water partition coefficient (Wildman–Crippen LogP) is 4.73. The van der Waals surface area contributed by atoms with Gasteiger partial charge in [-0.1, -0.05) is 77.4 Å². The highest BCUT2D eigenvalue weighted by atomic mass is 16.5. The van der Waals surface area contributed by atoms with Crippen LogP contribution in [0.15, 0.2) is 42.0 Å². The number of likely N-dealkylation sites (N-methyl/N-ethyl adjacent to an activating group) is 2. The van der Waals surface area contributed by atoms with E-state index in [-0.39, 0.29) is 53.7 Å². The van der Waals surface area contributed by atoms with E-state index in [0.717, 1.165) is 37.8 Å².